The summed E-state index contributed by atoms with van der Waals surface area (Å²) >= 11 is 1.80. The van der Waals surface area contributed by atoms with Crippen LogP contribution in [0.15, 0.2) is 4.99 Å². The lowest BCUT2D eigenvalue weighted by Crippen LogP contribution is -2.45. The third-order valence-electron chi connectivity index (χ3n) is 3.33. The number of hydrogen-bond donors (Lipinski definition) is 3. The number of rotatable bonds is 3. The van der Waals surface area contributed by atoms with Gasteiger partial charge >= 0.3 is 6.03 Å². The summed E-state index contributed by atoms with van der Waals surface area (Å²) in [6, 6.07) is -0.485. The molecule has 6 heteroatoms. The predicted octanol–water partition coefficient (Wildman–Crippen LogP) is 1.05. The maximum absolute atomic E-state index is 10.5. The van der Waals surface area contributed by atoms with Crippen LogP contribution in [0, 0.1) is 0 Å². The van der Waals surface area contributed by atoms with Crippen LogP contribution in [0.1, 0.15) is 32.1 Å². The molecule has 2 aliphatic rings. The number of aliphatic imine (C=N–C) groups is 1. The summed E-state index contributed by atoms with van der Waals surface area (Å²) in [7, 11) is 0. The Balaban J connectivity index is 1.76. The van der Waals surface area contributed by atoms with Crippen molar-refractivity contribution < 1.29 is 4.79 Å². The Kier molecular flexibility index (Phi) is 4.15. The second kappa shape index (κ2) is 5.62. The molecule has 0 aromatic heterocycles. The fourth-order valence-corrected chi connectivity index (χ4v) is 3.67. The van der Waals surface area contributed by atoms with Gasteiger partial charge in [-0.15, -0.1) is 0 Å². The topological polar surface area (TPSA) is 79.5 Å². The van der Waals surface area contributed by atoms with E-state index in [4.69, 9.17) is 5.73 Å². The minimum atomic E-state index is -0.485. The van der Waals surface area contributed by atoms with Crippen molar-refractivity contribution in [3.05, 3.63) is 0 Å². The Morgan fingerprint density at radius 3 is 2.94 bits per heavy atom. The van der Waals surface area contributed by atoms with Crippen LogP contribution in [0.3, 0.4) is 0 Å². The summed E-state index contributed by atoms with van der Waals surface area (Å²) in [6.07, 6.45) is 6.54. The van der Waals surface area contributed by atoms with Gasteiger partial charge in [0.05, 0.1) is 6.54 Å². The number of carbonyl (C=O) groups excluding carboxylic acids is 1. The largest absolute Gasteiger partial charge is 0.359 e. The van der Waals surface area contributed by atoms with Crippen molar-refractivity contribution in [3.8, 4) is 0 Å². The van der Waals surface area contributed by atoms with Gasteiger partial charge in [-0.3, -0.25) is 4.99 Å². The number of carbonyl (C=O) groups is 1. The van der Waals surface area contributed by atoms with Crippen molar-refractivity contribution in [1.29, 1.82) is 0 Å². The molecular formula is C11H20N4OS. The molecule has 1 aliphatic heterocycles. The summed E-state index contributed by atoms with van der Waals surface area (Å²) in [4.78, 5) is 14.9. The lowest BCUT2D eigenvalue weighted by atomic mass is 9.83. The summed E-state index contributed by atoms with van der Waals surface area (Å²) in [6.45, 7) is 1.10. The monoisotopic (exact) mass is 256 g/mol. The molecule has 0 aromatic rings. The smallest absolute Gasteiger partial charge is 0.312 e. The first-order valence-electron chi connectivity index (χ1n) is 6.19. The summed E-state index contributed by atoms with van der Waals surface area (Å²) in [5.74, 6) is 1.13. The van der Waals surface area contributed by atoms with Crippen LogP contribution in [-0.4, -0.2) is 35.6 Å². The molecule has 2 amide bonds. The Hall–Kier alpha value is -0.910. The molecule has 0 unspecified atom stereocenters. The Morgan fingerprint density at radius 1 is 1.47 bits per heavy atom. The number of hydrogen-bond acceptors (Lipinski definition) is 3. The van der Waals surface area contributed by atoms with Crippen LogP contribution in [-0.2, 0) is 0 Å². The number of amidine groups is 1. The molecule has 1 saturated carbocycles. The number of primary amides is 1. The maximum Gasteiger partial charge on any atom is 0.312 e. The van der Waals surface area contributed by atoms with E-state index in [1.807, 2.05) is 0 Å². The van der Waals surface area contributed by atoms with Crippen LogP contribution in [0.25, 0.3) is 0 Å². The van der Waals surface area contributed by atoms with Gasteiger partial charge in [0, 0.05) is 17.8 Å². The molecule has 0 aromatic carbocycles. The zero-order chi connectivity index (χ0) is 12.1. The second-order valence-corrected chi connectivity index (χ2v) is 5.70. The highest BCUT2D eigenvalue weighted by Gasteiger charge is 2.37. The maximum atomic E-state index is 10.5. The van der Waals surface area contributed by atoms with E-state index in [-0.39, 0.29) is 0 Å². The van der Waals surface area contributed by atoms with Crippen LogP contribution < -0.4 is 16.4 Å². The van der Waals surface area contributed by atoms with E-state index >= 15 is 0 Å². The first-order valence-corrected chi connectivity index (χ1v) is 7.18. The zero-order valence-corrected chi connectivity index (χ0v) is 10.8. The average Bonchev–Trinajstić information content (AvgIpc) is 2.69. The number of nitrogens with zero attached hydrogens (tertiary/aromatic N) is 1. The number of urea groups is 1. The predicted molar refractivity (Wildman–Crippen MR) is 71.3 cm³/mol. The zero-order valence-electron chi connectivity index (χ0n) is 10.00. The van der Waals surface area contributed by atoms with Crippen LogP contribution in [0.5, 0.6) is 0 Å². The third-order valence-corrected chi connectivity index (χ3v) is 4.54. The molecule has 5 nitrogen and oxygen atoms in total. The van der Waals surface area contributed by atoms with E-state index in [2.05, 4.69) is 15.6 Å². The van der Waals surface area contributed by atoms with E-state index in [9.17, 15) is 4.79 Å². The fourth-order valence-electron chi connectivity index (χ4n) is 2.43. The molecule has 1 saturated heterocycles. The molecule has 96 valence electrons. The van der Waals surface area contributed by atoms with Gasteiger partial charge < -0.3 is 16.4 Å². The van der Waals surface area contributed by atoms with Gasteiger partial charge in [-0.2, -0.15) is 0 Å². The minimum absolute atomic E-state index is 0.304. The van der Waals surface area contributed by atoms with Crippen LogP contribution >= 0.6 is 11.8 Å². The molecule has 2 fully saturated rings. The van der Waals surface area contributed by atoms with E-state index in [1.54, 1.807) is 11.8 Å². The van der Waals surface area contributed by atoms with Crippen molar-refractivity contribution in [3.63, 3.8) is 0 Å². The number of thioether (sulfide) groups is 1. The van der Waals surface area contributed by atoms with Crippen molar-refractivity contribution >= 4 is 23.0 Å². The minimum Gasteiger partial charge on any atom is -0.359 e. The van der Waals surface area contributed by atoms with Gasteiger partial charge in [-0.25, -0.2) is 4.79 Å². The number of amides is 2. The molecule has 0 atom stereocenters. The Labute approximate surface area is 106 Å². The second-order valence-electron chi connectivity index (χ2n) is 4.73. The molecule has 0 bridgehead atoms. The molecule has 1 aliphatic carbocycles. The molecule has 1 heterocycles. The highest BCUT2D eigenvalue weighted by atomic mass is 32.2. The van der Waals surface area contributed by atoms with E-state index in [0.29, 0.717) is 18.6 Å². The van der Waals surface area contributed by atoms with E-state index < -0.39 is 6.03 Å². The summed E-state index contributed by atoms with van der Waals surface area (Å²) < 4.78 is 0. The lowest BCUT2D eigenvalue weighted by Gasteiger charge is -2.32. The first kappa shape index (κ1) is 12.5. The van der Waals surface area contributed by atoms with Crippen molar-refractivity contribution in [1.82, 2.24) is 10.6 Å². The Bertz CT molecular complexity index is 313. The molecular weight excluding hydrogens is 236 g/mol. The van der Waals surface area contributed by atoms with Gasteiger partial charge in [-0.05, 0) is 12.8 Å². The number of nitrogens with one attached hydrogen (secondary N) is 2. The first-order chi connectivity index (χ1) is 8.20. The third kappa shape index (κ3) is 3.52. The van der Waals surface area contributed by atoms with Crippen molar-refractivity contribution in [2.45, 2.75) is 37.6 Å². The molecule has 17 heavy (non-hydrogen) atoms. The van der Waals surface area contributed by atoms with Gasteiger partial charge in [0.1, 0.15) is 0 Å². The van der Waals surface area contributed by atoms with Gasteiger partial charge in [0.15, 0.2) is 5.17 Å². The molecule has 4 N–H and O–H groups in total. The average molecular weight is 256 g/mol. The van der Waals surface area contributed by atoms with E-state index in [0.717, 1.165) is 10.9 Å². The molecule has 0 radical (unpaired) electrons. The summed E-state index contributed by atoms with van der Waals surface area (Å²) in [5, 5.41) is 7.12. The highest BCUT2D eigenvalue weighted by molar-refractivity contribution is 8.14. The molecule has 1 spiro atoms. The lowest BCUT2D eigenvalue weighted by molar-refractivity contribution is 0.249. The number of nitrogens with two attached hydrogens (primary N) is 1. The standard InChI is InChI=1S/C11H20N4OS/c12-9(16)13-6-7-14-10-15-11(8-17-10)4-2-1-3-5-11/h1-8H2,(H,14,15)(H3,12,13,16). The van der Waals surface area contributed by atoms with Crippen molar-refractivity contribution in [2.75, 3.05) is 18.8 Å². The molecule has 2 rings (SSSR count). The van der Waals surface area contributed by atoms with Gasteiger partial charge in [0.25, 0.3) is 0 Å². The SMILES string of the molecule is NC(=O)NCCN=C1NC2(CCCCC2)CS1. The van der Waals surface area contributed by atoms with Crippen LogP contribution in [0.2, 0.25) is 0 Å². The normalized spacial score (nSPS) is 24.8. The summed E-state index contributed by atoms with van der Waals surface area (Å²) in [5.41, 5.74) is 5.28. The fraction of sp³-hybridized carbons (Fsp3) is 0.818. The van der Waals surface area contributed by atoms with Crippen molar-refractivity contribution in [2.24, 2.45) is 10.7 Å². The Morgan fingerprint density at radius 2 is 2.24 bits per heavy atom. The highest BCUT2D eigenvalue weighted by Crippen LogP contribution is 2.35. The van der Waals surface area contributed by atoms with Gasteiger partial charge in [-0.1, -0.05) is 31.0 Å². The van der Waals surface area contributed by atoms with Gasteiger partial charge in [0.2, 0.25) is 0 Å². The van der Waals surface area contributed by atoms with Crippen LogP contribution in [0.4, 0.5) is 4.79 Å². The van der Waals surface area contributed by atoms with E-state index in [1.165, 1.54) is 32.1 Å². The quantitative estimate of drug-likeness (QED) is 0.660.